The predicted molar refractivity (Wildman–Crippen MR) is 74.7 cm³/mol. The molecule has 1 fully saturated rings. The van der Waals surface area contributed by atoms with Crippen molar-refractivity contribution in [2.45, 2.75) is 16.0 Å². The molecule has 1 aliphatic carbocycles. The molecule has 2 aromatic rings. The monoisotopic (exact) mass is 316 g/mol. The Balaban J connectivity index is 1.64. The zero-order valence-corrected chi connectivity index (χ0v) is 12.0. The number of hydrogen-bond acceptors (Lipinski definition) is 5. The highest BCUT2D eigenvalue weighted by atomic mass is 35.5. The molecule has 1 aliphatic rings. The van der Waals surface area contributed by atoms with Crippen LogP contribution in [0.25, 0.3) is 11.5 Å². The molecular weight excluding hydrogens is 307 g/mol. The van der Waals surface area contributed by atoms with E-state index in [-0.39, 0.29) is 11.7 Å². The van der Waals surface area contributed by atoms with Gasteiger partial charge in [-0.3, -0.25) is 0 Å². The maximum Gasteiger partial charge on any atom is 0.276 e. The second-order valence-corrected chi connectivity index (χ2v) is 6.91. The van der Waals surface area contributed by atoms with Gasteiger partial charge in [-0.25, -0.2) is 0 Å². The zero-order valence-electron chi connectivity index (χ0n) is 9.72. The van der Waals surface area contributed by atoms with Gasteiger partial charge in [0.1, 0.15) is 10.1 Å². The molecule has 0 unspecified atom stereocenters. The SMILES string of the molecule is Oc1ccc(-c2nnc(SC[C@H]3CC3(Cl)Cl)o2)cc1. The van der Waals surface area contributed by atoms with E-state index in [1.54, 1.807) is 24.3 Å². The van der Waals surface area contributed by atoms with Gasteiger partial charge in [0.05, 0.1) is 0 Å². The standard InChI is InChI=1S/C12H10Cl2N2O2S/c13-12(14)5-8(12)6-19-11-16-15-10(18-11)7-1-3-9(17)4-2-7/h1-4,8,17H,5-6H2/t8-/m1/s1. The number of aromatic nitrogens is 2. The Labute approximate surface area is 124 Å². The minimum atomic E-state index is -0.577. The van der Waals surface area contributed by atoms with E-state index in [1.807, 2.05) is 0 Å². The highest BCUT2D eigenvalue weighted by Gasteiger charge is 2.51. The van der Waals surface area contributed by atoms with Gasteiger partial charge >= 0.3 is 0 Å². The molecule has 1 aromatic heterocycles. The van der Waals surface area contributed by atoms with E-state index in [1.165, 1.54) is 11.8 Å². The maximum atomic E-state index is 9.21. The quantitative estimate of drug-likeness (QED) is 0.688. The largest absolute Gasteiger partial charge is 0.508 e. The van der Waals surface area contributed by atoms with Gasteiger partial charge < -0.3 is 9.52 Å². The average molecular weight is 317 g/mol. The Hall–Kier alpha value is -0.910. The zero-order chi connectivity index (χ0) is 13.5. The molecule has 0 saturated heterocycles. The summed E-state index contributed by atoms with van der Waals surface area (Å²) >= 11 is 13.4. The number of aromatic hydroxyl groups is 1. The first-order chi connectivity index (χ1) is 9.04. The molecular formula is C12H10Cl2N2O2S. The second kappa shape index (κ2) is 4.89. The molecule has 0 spiro atoms. The first-order valence-corrected chi connectivity index (χ1v) is 7.42. The van der Waals surface area contributed by atoms with Crippen molar-refractivity contribution in [3.05, 3.63) is 24.3 Å². The van der Waals surface area contributed by atoms with Gasteiger partial charge in [0.2, 0.25) is 5.89 Å². The number of phenols is 1. The van der Waals surface area contributed by atoms with Crippen molar-refractivity contribution >= 4 is 35.0 Å². The van der Waals surface area contributed by atoms with Gasteiger partial charge in [-0.05, 0) is 30.7 Å². The molecule has 0 radical (unpaired) electrons. The summed E-state index contributed by atoms with van der Waals surface area (Å²) in [6, 6.07) is 6.60. The highest BCUT2D eigenvalue weighted by molar-refractivity contribution is 7.99. The number of hydrogen-bond donors (Lipinski definition) is 1. The lowest BCUT2D eigenvalue weighted by Gasteiger charge is -1.96. The van der Waals surface area contributed by atoms with Crippen LogP contribution in [0.2, 0.25) is 0 Å². The van der Waals surface area contributed by atoms with Gasteiger partial charge in [-0.1, -0.05) is 11.8 Å². The summed E-state index contributed by atoms with van der Waals surface area (Å²) in [4.78, 5) is 0. The summed E-state index contributed by atoms with van der Waals surface area (Å²) in [5.41, 5.74) is 0.771. The fourth-order valence-electron chi connectivity index (χ4n) is 1.61. The van der Waals surface area contributed by atoms with Gasteiger partial charge in [0, 0.05) is 17.2 Å². The van der Waals surface area contributed by atoms with Crippen LogP contribution in [0.1, 0.15) is 6.42 Å². The van der Waals surface area contributed by atoms with Gasteiger partial charge in [-0.2, -0.15) is 0 Å². The Morgan fingerprint density at radius 1 is 1.32 bits per heavy atom. The van der Waals surface area contributed by atoms with E-state index in [0.29, 0.717) is 11.1 Å². The van der Waals surface area contributed by atoms with Crippen LogP contribution in [0.4, 0.5) is 0 Å². The van der Waals surface area contributed by atoms with Crippen molar-refractivity contribution in [3.8, 4) is 17.2 Å². The first kappa shape index (κ1) is 13.1. The number of alkyl halides is 2. The van der Waals surface area contributed by atoms with Crippen LogP contribution < -0.4 is 0 Å². The minimum Gasteiger partial charge on any atom is -0.508 e. The van der Waals surface area contributed by atoms with E-state index in [0.717, 1.165) is 17.7 Å². The Bertz CT molecular complexity index is 586. The predicted octanol–water partition coefficient (Wildman–Crippen LogP) is 3.73. The number of phenolic OH excluding ortho intramolecular Hbond substituents is 1. The molecule has 1 heterocycles. The van der Waals surface area contributed by atoms with Crippen LogP contribution in [0, 0.1) is 5.92 Å². The minimum absolute atomic E-state index is 0.201. The molecule has 1 aromatic carbocycles. The summed E-state index contributed by atoms with van der Waals surface area (Å²) in [7, 11) is 0. The Kier molecular flexibility index (Phi) is 3.37. The third-order valence-corrected chi connectivity index (χ3v) is 4.79. The molecule has 0 amide bonds. The summed E-state index contributed by atoms with van der Waals surface area (Å²) in [5, 5.41) is 17.6. The number of benzene rings is 1. The summed E-state index contributed by atoms with van der Waals surface area (Å²) in [6.45, 7) is 0. The van der Waals surface area contributed by atoms with Crippen LogP contribution >= 0.6 is 35.0 Å². The van der Waals surface area contributed by atoms with Gasteiger partial charge in [0.25, 0.3) is 5.22 Å². The third kappa shape index (κ3) is 2.99. The summed E-state index contributed by atoms with van der Waals surface area (Å²) < 4.78 is 4.95. The van der Waals surface area contributed by atoms with Crippen LogP contribution in [0.15, 0.2) is 33.9 Å². The molecule has 1 N–H and O–H groups in total. The van der Waals surface area contributed by atoms with Crippen LogP contribution in [0.3, 0.4) is 0 Å². The Morgan fingerprint density at radius 3 is 2.63 bits per heavy atom. The molecule has 0 bridgehead atoms. The van der Waals surface area contributed by atoms with Gasteiger partial charge in [0.15, 0.2) is 0 Å². The van der Waals surface area contributed by atoms with Crippen molar-refractivity contribution in [2.24, 2.45) is 5.92 Å². The third-order valence-electron chi connectivity index (χ3n) is 2.88. The number of rotatable bonds is 4. The van der Waals surface area contributed by atoms with E-state index in [4.69, 9.17) is 27.6 Å². The molecule has 1 atom stereocenters. The van der Waals surface area contributed by atoms with E-state index in [2.05, 4.69) is 10.2 Å². The molecule has 1 saturated carbocycles. The van der Waals surface area contributed by atoms with Crippen molar-refractivity contribution in [3.63, 3.8) is 0 Å². The highest BCUT2D eigenvalue weighted by Crippen LogP contribution is 2.54. The lowest BCUT2D eigenvalue weighted by Crippen LogP contribution is -1.92. The number of thioether (sulfide) groups is 1. The fourth-order valence-corrected chi connectivity index (χ4v) is 3.30. The maximum absolute atomic E-state index is 9.21. The van der Waals surface area contributed by atoms with Crippen molar-refractivity contribution < 1.29 is 9.52 Å². The summed E-state index contributed by atoms with van der Waals surface area (Å²) in [5.74, 6) is 1.68. The van der Waals surface area contributed by atoms with Crippen LogP contribution in [-0.2, 0) is 0 Å². The molecule has 100 valence electrons. The van der Waals surface area contributed by atoms with E-state index >= 15 is 0 Å². The van der Waals surface area contributed by atoms with E-state index < -0.39 is 4.33 Å². The smallest absolute Gasteiger partial charge is 0.276 e. The second-order valence-electron chi connectivity index (χ2n) is 4.39. The lowest BCUT2D eigenvalue weighted by atomic mass is 10.2. The molecule has 3 rings (SSSR count). The van der Waals surface area contributed by atoms with E-state index in [9.17, 15) is 5.11 Å². The van der Waals surface area contributed by atoms with Gasteiger partial charge in [-0.15, -0.1) is 33.4 Å². The molecule has 7 heteroatoms. The fraction of sp³-hybridized carbons (Fsp3) is 0.333. The van der Waals surface area contributed by atoms with Crippen molar-refractivity contribution in [1.29, 1.82) is 0 Å². The molecule has 19 heavy (non-hydrogen) atoms. The topological polar surface area (TPSA) is 59.2 Å². The van der Waals surface area contributed by atoms with Crippen molar-refractivity contribution in [1.82, 2.24) is 10.2 Å². The van der Waals surface area contributed by atoms with Crippen molar-refractivity contribution in [2.75, 3.05) is 5.75 Å². The summed E-state index contributed by atoms with van der Waals surface area (Å²) in [6.07, 6.45) is 0.808. The first-order valence-electron chi connectivity index (χ1n) is 5.68. The molecule has 0 aliphatic heterocycles. The number of halogens is 2. The number of nitrogens with zero attached hydrogens (tertiary/aromatic N) is 2. The van der Waals surface area contributed by atoms with Crippen LogP contribution in [-0.4, -0.2) is 25.4 Å². The lowest BCUT2D eigenvalue weighted by molar-refractivity contribution is 0.464. The Morgan fingerprint density at radius 2 is 2.00 bits per heavy atom. The normalized spacial score (nSPS) is 20.4. The average Bonchev–Trinajstić information content (AvgIpc) is 2.79. The van der Waals surface area contributed by atoms with Crippen LogP contribution in [0.5, 0.6) is 5.75 Å². The molecule has 4 nitrogen and oxygen atoms in total.